The fourth-order valence-electron chi connectivity index (χ4n) is 7.58. The molecule has 1 aromatic heterocycles. The normalized spacial score (nSPS) is 11.5. The number of hydrogen-bond donors (Lipinski definition) is 2. The topological polar surface area (TPSA) is 143 Å². The minimum absolute atomic E-state index is 0.151. The second-order valence-corrected chi connectivity index (χ2v) is 17.5. The van der Waals surface area contributed by atoms with Gasteiger partial charge in [-0.1, -0.05) is 156 Å². The predicted octanol–water partition coefficient (Wildman–Crippen LogP) is 13.3. The number of carbonyl (C=O) groups is 1. The molecule has 0 bridgehead atoms. The van der Waals surface area contributed by atoms with Gasteiger partial charge in [-0.25, -0.2) is 4.79 Å². The number of ketones is 1. The summed E-state index contributed by atoms with van der Waals surface area (Å²) < 4.78 is 27.0. The number of ether oxygens (including phenoxy) is 4. The van der Waals surface area contributed by atoms with Crippen LogP contribution in [0.4, 0.5) is 11.4 Å². The summed E-state index contributed by atoms with van der Waals surface area (Å²) in [6.45, 7) is 10.9. The highest BCUT2D eigenvalue weighted by Gasteiger charge is 2.17. The van der Waals surface area contributed by atoms with E-state index in [1.165, 1.54) is 110 Å². The molecule has 1 heterocycles. The largest absolute Gasteiger partial charge is 0.494 e. The summed E-state index contributed by atoms with van der Waals surface area (Å²) in [4.78, 5) is 44.2. The number of nitrogens with one attached hydrogen (secondary N) is 1. The van der Waals surface area contributed by atoms with Gasteiger partial charge in [0, 0.05) is 50.8 Å². The number of allylic oxidation sites excluding steroid dienone is 1. The molecule has 368 valence electrons. The molecule has 0 radical (unpaired) electrons. The van der Waals surface area contributed by atoms with Crippen LogP contribution in [0.1, 0.15) is 198 Å². The molecule has 12 nitrogen and oxygen atoms in total. The van der Waals surface area contributed by atoms with Crippen molar-refractivity contribution in [2.75, 3.05) is 31.7 Å². The Hall–Kier alpha value is -5.00. The maximum Gasteiger partial charge on any atom is 0.333 e. The average Bonchev–Trinajstić information content (AvgIpc) is 3.32. The van der Waals surface area contributed by atoms with Gasteiger partial charge in [0.05, 0.1) is 43.4 Å². The Balaban J connectivity index is 1.95. The van der Waals surface area contributed by atoms with Crippen LogP contribution in [-0.4, -0.2) is 52.7 Å². The summed E-state index contributed by atoms with van der Waals surface area (Å²) in [5.74, 6) is 1.42. The quantitative estimate of drug-likeness (QED) is 0.0248. The van der Waals surface area contributed by atoms with Crippen molar-refractivity contribution in [3.63, 3.8) is 0 Å². The summed E-state index contributed by atoms with van der Waals surface area (Å²) in [7, 11) is 2.73. The molecule has 0 fully saturated rings. The smallest absolute Gasteiger partial charge is 0.333 e. The van der Waals surface area contributed by atoms with Crippen molar-refractivity contribution in [2.45, 2.75) is 182 Å². The Morgan fingerprint density at radius 3 is 1.56 bits per heavy atom. The first-order valence-corrected chi connectivity index (χ1v) is 25.5. The molecule has 0 aliphatic carbocycles. The molecule has 0 spiro atoms. The van der Waals surface area contributed by atoms with Crippen LogP contribution >= 0.6 is 0 Å². The van der Waals surface area contributed by atoms with E-state index in [2.05, 4.69) is 38.0 Å². The third-order valence-electron chi connectivity index (χ3n) is 11.8. The minimum atomic E-state index is -0.689. The van der Waals surface area contributed by atoms with Crippen LogP contribution in [0.25, 0.3) is 0 Å². The SMILES string of the molecule is CCCCCCCCOc1ccc(C(=O)/C=C\Nc2cc(OCCCCCCCC)c(OCCCCCCCC)cc2N=Cc2c(O)n(C)c(=O)n(C)c2=O)c(OCCCCCCCC)c1. The lowest BCUT2D eigenvalue weighted by molar-refractivity contribution is 0.104. The number of nitrogens with zero attached hydrogens (tertiary/aromatic N) is 3. The lowest BCUT2D eigenvalue weighted by Gasteiger charge is -2.16. The molecular formula is C54H84N4O8. The molecule has 66 heavy (non-hydrogen) atoms. The number of anilines is 1. The van der Waals surface area contributed by atoms with Crippen molar-refractivity contribution in [2.24, 2.45) is 19.1 Å². The molecule has 2 N–H and O–H groups in total. The molecule has 0 atom stereocenters. The van der Waals surface area contributed by atoms with Gasteiger partial charge in [-0.2, -0.15) is 0 Å². The molecule has 0 saturated carbocycles. The van der Waals surface area contributed by atoms with E-state index in [9.17, 15) is 19.5 Å². The summed E-state index contributed by atoms with van der Waals surface area (Å²) in [6.07, 6.45) is 31.4. The van der Waals surface area contributed by atoms with Crippen LogP contribution in [0.15, 0.2) is 57.2 Å². The number of aromatic hydroxyl groups is 1. The third kappa shape index (κ3) is 20.3. The maximum atomic E-state index is 13.9. The Bertz CT molecular complexity index is 2020. The van der Waals surface area contributed by atoms with Gasteiger partial charge >= 0.3 is 5.69 Å². The van der Waals surface area contributed by atoms with Crippen LogP contribution in [0.3, 0.4) is 0 Å². The van der Waals surface area contributed by atoms with Crippen LogP contribution in [0.2, 0.25) is 0 Å². The van der Waals surface area contributed by atoms with Crippen LogP contribution in [0.5, 0.6) is 28.9 Å². The zero-order valence-electron chi connectivity index (χ0n) is 41.6. The number of benzene rings is 2. The highest BCUT2D eigenvalue weighted by molar-refractivity contribution is 6.06. The van der Waals surface area contributed by atoms with Crippen molar-refractivity contribution < 1.29 is 28.8 Å². The Morgan fingerprint density at radius 2 is 1.05 bits per heavy atom. The zero-order chi connectivity index (χ0) is 47.8. The van der Waals surface area contributed by atoms with Gasteiger partial charge in [-0.3, -0.25) is 23.7 Å². The molecule has 12 heteroatoms. The zero-order valence-corrected chi connectivity index (χ0v) is 41.6. The van der Waals surface area contributed by atoms with E-state index in [1.807, 2.05) is 12.1 Å². The number of hydrogen-bond acceptors (Lipinski definition) is 10. The number of rotatable bonds is 38. The molecule has 0 aliphatic heterocycles. The number of carbonyl (C=O) groups excluding carboxylic acids is 1. The first kappa shape index (κ1) is 55.3. The second-order valence-electron chi connectivity index (χ2n) is 17.5. The van der Waals surface area contributed by atoms with Crippen molar-refractivity contribution in [3.8, 4) is 28.9 Å². The van der Waals surface area contributed by atoms with Crippen molar-refractivity contribution in [1.29, 1.82) is 0 Å². The summed E-state index contributed by atoms with van der Waals surface area (Å²) in [5.41, 5.74) is -0.239. The van der Waals surface area contributed by atoms with Crippen molar-refractivity contribution in [1.82, 2.24) is 9.13 Å². The van der Waals surface area contributed by atoms with Gasteiger partial charge in [0.1, 0.15) is 17.1 Å². The lowest BCUT2D eigenvalue weighted by atomic mass is 10.1. The van der Waals surface area contributed by atoms with Gasteiger partial charge in [-0.15, -0.1) is 0 Å². The van der Waals surface area contributed by atoms with Crippen LogP contribution in [0, 0.1) is 0 Å². The predicted molar refractivity (Wildman–Crippen MR) is 271 cm³/mol. The summed E-state index contributed by atoms with van der Waals surface area (Å²) in [5, 5.41) is 14.1. The average molecular weight is 917 g/mol. The fourth-order valence-corrected chi connectivity index (χ4v) is 7.58. The van der Waals surface area contributed by atoms with E-state index in [0.717, 1.165) is 79.8 Å². The summed E-state index contributed by atoms with van der Waals surface area (Å²) >= 11 is 0. The van der Waals surface area contributed by atoms with E-state index in [1.54, 1.807) is 24.4 Å². The van der Waals surface area contributed by atoms with Crippen molar-refractivity contribution in [3.05, 3.63) is 74.6 Å². The van der Waals surface area contributed by atoms with E-state index in [-0.39, 0.29) is 11.3 Å². The molecule has 3 rings (SSSR count). The Kier molecular flexibility index (Phi) is 28.1. The first-order chi connectivity index (χ1) is 32.2. The first-order valence-electron chi connectivity index (χ1n) is 25.5. The number of aliphatic imine (C=N–C) groups is 1. The molecule has 0 aliphatic rings. The van der Waals surface area contributed by atoms with Crippen LogP contribution in [-0.2, 0) is 14.1 Å². The minimum Gasteiger partial charge on any atom is -0.494 e. The molecule has 0 amide bonds. The van der Waals surface area contributed by atoms with Gasteiger partial charge in [-0.05, 0) is 37.8 Å². The van der Waals surface area contributed by atoms with Gasteiger partial charge in [0.25, 0.3) is 5.56 Å². The van der Waals surface area contributed by atoms with Crippen LogP contribution < -0.4 is 35.5 Å². The molecule has 0 unspecified atom stereocenters. The van der Waals surface area contributed by atoms with Crippen molar-refractivity contribution >= 4 is 23.4 Å². The van der Waals surface area contributed by atoms with Gasteiger partial charge < -0.3 is 29.4 Å². The standard InChI is InChI=1S/C54H84N4O8/c1-7-11-15-19-23-27-35-63-43-31-32-44(49(39-43)64-36-28-24-20-16-12-8-2)48(59)33-34-55-46-40-50(65-37-29-25-21-17-13-9-3)51(66-38-30-26-22-18-14-10-4)41-47(46)56-42-45-52(60)57(5)54(62)58(6)53(45)61/h31-34,39-42,55,60H,7-30,35-38H2,1-6H3/b34-33-,56-42?. The van der Waals surface area contributed by atoms with E-state index in [0.29, 0.717) is 66.4 Å². The van der Waals surface area contributed by atoms with Gasteiger partial charge in [0.15, 0.2) is 17.3 Å². The Morgan fingerprint density at radius 1 is 0.591 bits per heavy atom. The Labute approximate surface area is 396 Å². The second kappa shape index (κ2) is 33.5. The molecule has 3 aromatic rings. The van der Waals surface area contributed by atoms with E-state index < -0.39 is 17.1 Å². The molecular weight excluding hydrogens is 833 g/mol. The highest BCUT2D eigenvalue weighted by atomic mass is 16.5. The summed E-state index contributed by atoms with van der Waals surface area (Å²) in [6, 6.07) is 8.95. The van der Waals surface area contributed by atoms with E-state index in [4.69, 9.17) is 18.9 Å². The maximum absolute atomic E-state index is 13.9. The molecule has 0 saturated heterocycles. The number of unbranched alkanes of at least 4 members (excludes halogenated alkanes) is 20. The third-order valence-corrected chi connectivity index (χ3v) is 11.8. The monoisotopic (exact) mass is 917 g/mol. The lowest BCUT2D eigenvalue weighted by Crippen LogP contribution is -2.38. The fraction of sp³-hybridized carbons (Fsp3) is 0.630. The molecule has 2 aromatic carbocycles. The highest BCUT2D eigenvalue weighted by Crippen LogP contribution is 2.39. The van der Waals surface area contributed by atoms with Gasteiger partial charge in [0.2, 0.25) is 5.88 Å². The van der Waals surface area contributed by atoms with E-state index >= 15 is 0 Å². The number of aromatic nitrogens is 2.